The maximum absolute atomic E-state index is 11.7. The van der Waals surface area contributed by atoms with Crippen molar-refractivity contribution in [2.75, 3.05) is 4.90 Å². The molecule has 1 atom stereocenters. The zero-order valence-electron chi connectivity index (χ0n) is 12.0. The summed E-state index contributed by atoms with van der Waals surface area (Å²) in [6.07, 6.45) is 6.19. The first-order chi connectivity index (χ1) is 10.3. The fourth-order valence-corrected chi connectivity index (χ4v) is 2.80. The Morgan fingerprint density at radius 2 is 1.62 bits per heavy atom. The van der Waals surface area contributed by atoms with E-state index in [1.165, 1.54) is 5.56 Å². The highest BCUT2D eigenvalue weighted by atomic mass is 16.1. The smallest absolute Gasteiger partial charge is 0.159 e. The molecule has 0 saturated carbocycles. The van der Waals surface area contributed by atoms with Crippen molar-refractivity contribution >= 4 is 11.5 Å². The Hall–Kier alpha value is -2.35. The van der Waals surface area contributed by atoms with Crippen LogP contribution in [0.2, 0.25) is 0 Å². The maximum atomic E-state index is 11.7. The zero-order chi connectivity index (χ0) is 14.5. The molecule has 1 aliphatic rings. The molecule has 3 rings (SSSR count). The Morgan fingerprint density at radius 1 is 0.952 bits per heavy atom. The number of rotatable bonds is 4. The third kappa shape index (κ3) is 3.40. The first kappa shape index (κ1) is 13.6. The summed E-state index contributed by atoms with van der Waals surface area (Å²) in [5, 5.41) is 0. The minimum absolute atomic E-state index is 0.222. The lowest BCUT2D eigenvalue weighted by Crippen LogP contribution is -2.36. The minimum atomic E-state index is 0.222. The molecule has 0 bridgehead atoms. The van der Waals surface area contributed by atoms with Crippen molar-refractivity contribution in [2.45, 2.75) is 25.3 Å². The lowest BCUT2D eigenvalue weighted by molar-refractivity contribution is -0.115. The molecule has 1 unspecified atom stereocenters. The maximum Gasteiger partial charge on any atom is 0.159 e. The second-order valence-corrected chi connectivity index (χ2v) is 5.41. The molecule has 0 aliphatic carbocycles. The van der Waals surface area contributed by atoms with Gasteiger partial charge in [-0.2, -0.15) is 0 Å². The van der Waals surface area contributed by atoms with E-state index in [4.69, 9.17) is 0 Å². The Bertz CT molecular complexity index is 619. The molecule has 2 aromatic rings. The van der Waals surface area contributed by atoms with Gasteiger partial charge in [-0.3, -0.25) is 4.79 Å². The summed E-state index contributed by atoms with van der Waals surface area (Å²) >= 11 is 0. The average Bonchev–Trinajstić information content (AvgIpc) is 2.55. The molecule has 0 fully saturated rings. The summed E-state index contributed by atoms with van der Waals surface area (Å²) < 4.78 is 0. The van der Waals surface area contributed by atoms with Crippen LogP contribution in [0.1, 0.15) is 18.4 Å². The lowest BCUT2D eigenvalue weighted by atomic mass is 9.97. The highest BCUT2D eigenvalue weighted by Crippen LogP contribution is 2.25. The Labute approximate surface area is 125 Å². The third-order valence-electron chi connectivity index (χ3n) is 3.91. The third-order valence-corrected chi connectivity index (χ3v) is 3.91. The largest absolute Gasteiger partial charge is 0.344 e. The van der Waals surface area contributed by atoms with Crippen LogP contribution >= 0.6 is 0 Å². The molecule has 0 spiro atoms. The molecule has 21 heavy (non-hydrogen) atoms. The van der Waals surface area contributed by atoms with Crippen LogP contribution in [0.3, 0.4) is 0 Å². The fourth-order valence-electron chi connectivity index (χ4n) is 2.80. The van der Waals surface area contributed by atoms with E-state index in [1.807, 2.05) is 30.5 Å². The van der Waals surface area contributed by atoms with E-state index in [1.54, 1.807) is 6.08 Å². The lowest BCUT2D eigenvalue weighted by Gasteiger charge is -2.33. The van der Waals surface area contributed by atoms with Crippen LogP contribution in [-0.2, 0) is 11.2 Å². The molecule has 0 aromatic heterocycles. The van der Waals surface area contributed by atoms with Gasteiger partial charge in [0.05, 0.1) is 0 Å². The topological polar surface area (TPSA) is 20.3 Å². The number of nitrogens with zero attached hydrogens (tertiary/aromatic N) is 1. The van der Waals surface area contributed by atoms with Crippen molar-refractivity contribution in [3.05, 3.63) is 78.5 Å². The van der Waals surface area contributed by atoms with Crippen LogP contribution in [0.4, 0.5) is 5.69 Å². The molecule has 106 valence electrons. The van der Waals surface area contributed by atoms with Crippen molar-refractivity contribution in [3.8, 4) is 0 Å². The van der Waals surface area contributed by atoms with E-state index < -0.39 is 0 Å². The zero-order valence-corrected chi connectivity index (χ0v) is 12.0. The summed E-state index contributed by atoms with van der Waals surface area (Å²) in [5.74, 6) is 0.222. The van der Waals surface area contributed by atoms with Gasteiger partial charge in [0.15, 0.2) is 5.78 Å². The number of anilines is 1. The summed E-state index contributed by atoms with van der Waals surface area (Å²) in [6.45, 7) is 0. The van der Waals surface area contributed by atoms with E-state index >= 15 is 0 Å². The van der Waals surface area contributed by atoms with Crippen LogP contribution in [-0.4, -0.2) is 11.8 Å². The molecule has 2 aromatic carbocycles. The Balaban J connectivity index is 1.75. The number of aryl methyl sites for hydroxylation is 1. The van der Waals surface area contributed by atoms with Gasteiger partial charge in [0.25, 0.3) is 0 Å². The van der Waals surface area contributed by atoms with Gasteiger partial charge in [-0.05, 0) is 36.6 Å². The van der Waals surface area contributed by atoms with Gasteiger partial charge in [0.1, 0.15) is 0 Å². The van der Waals surface area contributed by atoms with Gasteiger partial charge in [-0.25, -0.2) is 0 Å². The summed E-state index contributed by atoms with van der Waals surface area (Å²) in [6, 6.07) is 21.0. The number of carbonyl (C=O) groups is 1. The van der Waals surface area contributed by atoms with Crippen molar-refractivity contribution < 1.29 is 4.79 Å². The number of carbonyl (C=O) groups excluding carboxylic acids is 1. The van der Waals surface area contributed by atoms with Gasteiger partial charge in [-0.1, -0.05) is 48.5 Å². The van der Waals surface area contributed by atoms with E-state index in [9.17, 15) is 4.79 Å². The fraction of sp³-hybridized carbons (Fsp3) is 0.211. The van der Waals surface area contributed by atoms with Crippen molar-refractivity contribution in [3.63, 3.8) is 0 Å². The Morgan fingerprint density at radius 3 is 2.33 bits per heavy atom. The van der Waals surface area contributed by atoms with Crippen molar-refractivity contribution in [1.29, 1.82) is 0 Å². The van der Waals surface area contributed by atoms with Crippen molar-refractivity contribution in [2.24, 2.45) is 0 Å². The van der Waals surface area contributed by atoms with Gasteiger partial charge in [0, 0.05) is 24.4 Å². The van der Waals surface area contributed by atoms with Crippen LogP contribution in [0, 0.1) is 0 Å². The van der Waals surface area contributed by atoms with Gasteiger partial charge < -0.3 is 4.90 Å². The summed E-state index contributed by atoms with van der Waals surface area (Å²) in [5.41, 5.74) is 2.48. The molecule has 0 amide bonds. The van der Waals surface area contributed by atoms with Gasteiger partial charge in [0.2, 0.25) is 0 Å². The monoisotopic (exact) mass is 277 g/mol. The highest BCUT2D eigenvalue weighted by Gasteiger charge is 2.23. The number of allylic oxidation sites excluding steroid dienone is 1. The number of benzene rings is 2. The van der Waals surface area contributed by atoms with Crippen LogP contribution < -0.4 is 4.90 Å². The molecule has 0 radical (unpaired) electrons. The minimum Gasteiger partial charge on any atom is -0.344 e. The summed E-state index contributed by atoms with van der Waals surface area (Å²) in [4.78, 5) is 14.0. The molecule has 0 saturated heterocycles. The Kier molecular flexibility index (Phi) is 4.15. The molecule has 1 aliphatic heterocycles. The standard InChI is InChI=1S/C19H19NO/c21-19-13-14-20(17-9-5-2-6-10-17)18(15-19)12-11-16-7-3-1-4-8-16/h1-10,13-14,18H,11-12,15H2. The molecule has 0 N–H and O–H groups in total. The quantitative estimate of drug-likeness (QED) is 0.842. The average molecular weight is 277 g/mol. The second kappa shape index (κ2) is 6.40. The number of para-hydroxylation sites is 1. The number of hydrogen-bond acceptors (Lipinski definition) is 2. The molecule has 2 heteroatoms. The van der Waals surface area contributed by atoms with Gasteiger partial charge in [-0.15, -0.1) is 0 Å². The van der Waals surface area contributed by atoms with Crippen molar-refractivity contribution in [1.82, 2.24) is 0 Å². The predicted octanol–water partition coefficient (Wildman–Crippen LogP) is 3.98. The van der Waals surface area contributed by atoms with Crippen LogP contribution in [0.15, 0.2) is 72.9 Å². The van der Waals surface area contributed by atoms with Crippen LogP contribution in [0.25, 0.3) is 0 Å². The molecular weight excluding hydrogens is 258 g/mol. The first-order valence-electron chi connectivity index (χ1n) is 7.41. The molecule has 2 nitrogen and oxygen atoms in total. The van der Waals surface area contributed by atoms with E-state index in [0.29, 0.717) is 6.42 Å². The van der Waals surface area contributed by atoms with E-state index in [0.717, 1.165) is 18.5 Å². The molecule has 1 heterocycles. The highest BCUT2D eigenvalue weighted by molar-refractivity contribution is 5.92. The number of ketones is 1. The van der Waals surface area contributed by atoms with Crippen LogP contribution in [0.5, 0.6) is 0 Å². The number of hydrogen-bond donors (Lipinski definition) is 0. The van der Waals surface area contributed by atoms with E-state index in [-0.39, 0.29) is 11.8 Å². The SMILES string of the molecule is O=C1C=CN(c2ccccc2)C(CCc2ccccc2)C1. The normalized spacial score (nSPS) is 18.0. The first-order valence-corrected chi connectivity index (χ1v) is 7.41. The molecular formula is C19H19NO. The summed E-state index contributed by atoms with van der Waals surface area (Å²) in [7, 11) is 0. The predicted molar refractivity (Wildman–Crippen MR) is 86.2 cm³/mol. The second-order valence-electron chi connectivity index (χ2n) is 5.41. The van der Waals surface area contributed by atoms with Gasteiger partial charge >= 0.3 is 0 Å². The van der Waals surface area contributed by atoms with E-state index in [2.05, 4.69) is 41.3 Å².